The molecular formula is C14H19FIN3O9. The van der Waals surface area contributed by atoms with Crippen LogP contribution in [0.1, 0.15) is 6.23 Å². The van der Waals surface area contributed by atoms with Gasteiger partial charge in [-0.3, -0.25) is 4.57 Å². The fourth-order valence-electron chi connectivity index (χ4n) is 2.96. The molecule has 0 spiro atoms. The van der Waals surface area contributed by atoms with Crippen LogP contribution in [0.5, 0.6) is 0 Å². The Bertz CT molecular complexity index is 766. The maximum Gasteiger partial charge on any atom is 0.351 e. The molecule has 0 saturated carbocycles. The summed E-state index contributed by atoms with van der Waals surface area (Å²) in [5.74, 6) is -3.48. The molecule has 1 aromatic heterocycles. The van der Waals surface area contributed by atoms with Crippen molar-refractivity contribution in [3.05, 3.63) is 22.7 Å². The van der Waals surface area contributed by atoms with Crippen molar-refractivity contribution in [2.45, 2.75) is 53.0 Å². The van der Waals surface area contributed by atoms with Crippen LogP contribution in [-0.2, 0) is 14.2 Å². The minimum absolute atomic E-state index is 0.125. The van der Waals surface area contributed by atoms with E-state index in [1.807, 2.05) is 0 Å². The van der Waals surface area contributed by atoms with Gasteiger partial charge in [0.25, 0.3) is 5.85 Å². The van der Waals surface area contributed by atoms with Crippen LogP contribution in [0.25, 0.3) is 0 Å². The smallest absolute Gasteiger partial charge is 0.351 e. The minimum atomic E-state index is -3.36. The highest BCUT2D eigenvalue weighted by Crippen LogP contribution is 2.39. The summed E-state index contributed by atoms with van der Waals surface area (Å²) in [6.07, 6.45) is -9.93. The van der Waals surface area contributed by atoms with Crippen molar-refractivity contribution in [1.29, 1.82) is 0 Å². The lowest BCUT2D eigenvalue weighted by atomic mass is 10.1. The lowest BCUT2D eigenvalue weighted by molar-refractivity contribution is -0.197. The van der Waals surface area contributed by atoms with Gasteiger partial charge in [0, 0.05) is 6.20 Å². The molecule has 2 saturated heterocycles. The number of alkyl halides is 2. The molecule has 0 bridgehead atoms. The summed E-state index contributed by atoms with van der Waals surface area (Å²) in [6, 6.07) is 1.18. The van der Waals surface area contributed by atoms with Gasteiger partial charge in [0.15, 0.2) is 12.5 Å². The first kappa shape index (κ1) is 21.7. The summed E-state index contributed by atoms with van der Waals surface area (Å²) in [4.78, 5) is 15.3. The van der Waals surface area contributed by atoms with Crippen LogP contribution in [0.15, 0.2) is 17.1 Å². The van der Waals surface area contributed by atoms with Crippen molar-refractivity contribution in [3.63, 3.8) is 0 Å². The molecule has 28 heavy (non-hydrogen) atoms. The van der Waals surface area contributed by atoms with Crippen LogP contribution < -0.4 is 11.4 Å². The van der Waals surface area contributed by atoms with E-state index in [0.29, 0.717) is 4.57 Å². The van der Waals surface area contributed by atoms with E-state index in [1.54, 1.807) is 22.6 Å². The maximum absolute atomic E-state index is 14.6. The fraction of sp³-hybridized carbons (Fsp3) is 0.714. The molecule has 2 aliphatic rings. The van der Waals surface area contributed by atoms with E-state index < -0.39 is 65.3 Å². The Labute approximate surface area is 170 Å². The zero-order chi connectivity index (χ0) is 20.8. The molecule has 2 aliphatic heterocycles. The Morgan fingerprint density at radius 1 is 1.39 bits per heavy atom. The van der Waals surface area contributed by atoms with Gasteiger partial charge in [-0.15, -0.1) is 0 Å². The van der Waals surface area contributed by atoms with Crippen molar-refractivity contribution in [2.24, 2.45) is 0 Å². The second-order valence-electron chi connectivity index (χ2n) is 6.40. The number of anilines is 1. The third-order valence-electron chi connectivity index (χ3n) is 4.47. The van der Waals surface area contributed by atoms with Crippen molar-refractivity contribution in [2.75, 3.05) is 12.3 Å². The van der Waals surface area contributed by atoms with Crippen LogP contribution in [0, 0.1) is 0 Å². The van der Waals surface area contributed by atoms with Gasteiger partial charge in [-0.25, -0.2) is 9.18 Å². The summed E-state index contributed by atoms with van der Waals surface area (Å²) in [5.41, 5.74) is 4.35. The fourth-order valence-corrected chi connectivity index (χ4v) is 3.56. The third kappa shape index (κ3) is 3.88. The molecule has 158 valence electrons. The van der Waals surface area contributed by atoms with Crippen LogP contribution in [0.4, 0.5) is 10.2 Å². The molecule has 1 aromatic rings. The summed E-state index contributed by atoms with van der Waals surface area (Å²) in [7, 11) is 0. The van der Waals surface area contributed by atoms with Crippen molar-refractivity contribution in [3.8, 4) is 0 Å². The number of hydrogen-bond donors (Lipinski definition) is 6. The first-order valence-corrected chi connectivity index (χ1v) is 9.33. The van der Waals surface area contributed by atoms with Gasteiger partial charge in [0.2, 0.25) is 0 Å². The number of nitrogen functional groups attached to an aromatic ring is 1. The lowest BCUT2D eigenvalue weighted by Gasteiger charge is -2.23. The summed E-state index contributed by atoms with van der Waals surface area (Å²) < 4.78 is 29.8. The highest BCUT2D eigenvalue weighted by molar-refractivity contribution is 14.1. The quantitative estimate of drug-likeness (QED) is 0.171. The van der Waals surface area contributed by atoms with Gasteiger partial charge in [0.05, 0.1) is 6.61 Å². The SMILES string of the molecule is Nc1ccn([C@@H]2O[C@H](COC3O[C@H](C(O)I)[C@@H](O)[C@@H]3O)[C@@H](O)[C@]2(O)F)c(=O)n1. The molecule has 0 radical (unpaired) electrons. The van der Waals surface area contributed by atoms with Crippen LogP contribution in [0.2, 0.25) is 0 Å². The normalized spacial score (nSPS) is 42.0. The molecule has 2 unspecified atom stereocenters. The molecule has 0 amide bonds. The number of rotatable bonds is 5. The second-order valence-corrected chi connectivity index (χ2v) is 7.67. The lowest BCUT2D eigenvalue weighted by Crippen LogP contribution is -2.45. The topological polar surface area (TPSA) is 190 Å². The third-order valence-corrected chi connectivity index (χ3v) is 5.18. The Hall–Kier alpha value is -0.980. The molecule has 7 N–H and O–H groups in total. The number of aliphatic hydroxyl groups is 5. The number of nitrogens with two attached hydrogens (primary N) is 1. The number of aromatic nitrogens is 2. The van der Waals surface area contributed by atoms with Crippen LogP contribution in [0.3, 0.4) is 0 Å². The molecule has 3 rings (SSSR count). The highest BCUT2D eigenvalue weighted by Gasteiger charge is 2.58. The Morgan fingerprint density at radius 3 is 2.64 bits per heavy atom. The van der Waals surface area contributed by atoms with Crippen molar-refractivity contribution in [1.82, 2.24) is 9.55 Å². The van der Waals surface area contributed by atoms with Crippen molar-refractivity contribution < 1.29 is 44.1 Å². The number of aliphatic hydroxyl groups excluding tert-OH is 4. The molecule has 3 heterocycles. The zero-order valence-corrected chi connectivity index (χ0v) is 16.2. The number of halogens is 2. The van der Waals surface area contributed by atoms with Crippen LogP contribution in [-0.4, -0.2) is 88.5 Å². The Kier molecular flexibility index (Phi) is 6.23. The van der Waals surface area contributed by atoms with Crippen LogP contribution >= 0.6 is 22.6 Å². The Morgan fingerprint density at radius 2 is 2.07 bits per heavy atom. The van der Waals surface area contributed by atoms with E-state index in [9.17, 15) is 34.7 Å². The van der Waals surface area contributed by atoms with E-state index in [-0.39, 0.29) is 5.82 Å². The molecule has 9 atom stereocenters. The standard InChI is InChI=1S/C14H19FIN3O9/c15-14(25)9(22)4(27-12(14)19-2-1-5(17)18-13(19)24)3-26-11-7(21)6(20)8(28-11)10(16)23/h1-2,4,6-12,20-23,25H,3H2,(H2,17,18,24)/t4-,6+,7+,8+,9-,10?,11?,12-,14-/m1/s1. The molecular weight excluding hydrogens is 500 g/mol. The summed E-state index contributed by atoms with van der Waals surface area (Å²) in [6.45, 7) is -0.570. The Balaban J connectivity index is 1.70. The minimum Gasteiger partial charge on any atom is -0.387 e. The predicted molar refractivity (Wildman–Crippen MR) is 95.5 cm³/mol. The van der Waals surface area contributed by atoms with Gasteiger partial charge < -0.3 is 45.5 Å². The number of ether oxygens (including phenoxy) is 3. The molecule has 14 heteroatoms. The van der Waals surface area contributed by atoms with E-state index in [1.165, 1.54) is 6.07 Å². The summed E-state index contributed by atoms with van der Waals surface area (Å²) >= 11 is 1.58. The largest absolute Gasteiger partial charge is 0.387 e. The average Bonchev–Trinajstić information content (AvgIpc) is 3.02. The second kappa shape index (κ2) is 8.04. The first-order chi connectivity index (χ1) is 13.0. The predicted octanol–water partition coefficient (Wildman–Crippen LogP) is -3.04. The van der Waals surface area contributed by atoms with Gasteiger partial charge in [0.1, 0.15) is 40.4 Å². The van der Waals surface area contributed by atoms with E-state index >= 15 is 0 Å². The first-order valence-electron chi connectivity index (χ1n) is 8.09. The van der Waals surface area contributed by atoms with E-state index in [4.69, 9.17) is 19.9 Å². The molecule has 0 aliphatic carbocycles. The van der Waals surface area contributed by atoms with Gasteiger partial charge >= 0.3 is 5.69 Å². The van der Waals surface area contributed by atoms with E-state index in [0.717, 1.165) is 6.20 Å². The van der Waals surface area contributed by atoms with Gasteiger partial charge in [-0.2, -0.15) is 4.98 Å². The number of nitrogens with zero attached hydrogens (tertiary/aromatic N) is 2. The zero-order valence-electron chi connectivity index (χ0n) is 14.1. The van der Waals surface area contributed by atoms with Crippen molar-refractivity contribution >= 4 is 28.4 Å². The monoisotopic (exact) mass is 519 g/mol. The van der Waals surface area contributed by atoms with E-state index in [2.05, 4.69) is 4.98 Å². The maximum atomic E-state index is 14.6. The highest BCUT2D eigenvalue weighted by atomic mass is 127. The molecule has 12 nitrogen and oxygen atoms in total. The summed E-state index contributed by atoms with van der Waals surface area (Å²) in [5, 5.41) is 49.2. The number of hydrogen-bond acceptors (Lipinski definition) is 11. The molecule has 2 fully saturated rings. The molecule has 0 aromatic carbocycles. The van der Waals surface area contributed by atoms with Gasteiger partial charge in [-0.1, -0.05) is 0 Å². The average molecular weight is 519 g/mol. The van der Waals surface area contributed by atoms with Gasteiger partial charge in [-0.05, 0) is 28.7 Å².